The molecule has 0 bridgehead atoms. The molecule has 0 radical (unpaired) electrons. The van der Waals surface area contributed by atoms with Crippen LogP contribution in [0.3, 0.4) is 0 Å². The Hall–Kier alpha value is -5.51. The zero-order valence-corrected chi connectivity index (χ0v) is 35.5. The Kier molecular flexibility index (Phi) is 8.84. The largest absolute Gasteiger partial charge is 0.507 e. The van der Waals surface area contributed by atoms with E-state index in [1.165, 1.54) is 92.9 Å². The summed E-state index contributed by atoms with van der Waals surface area (Å²) >= 11 is 0. The summed E-state index contributed by atoms with van der Waals surface area (Å²) in [6, 6.07) is 18.5. The molecule has 324 valence electrons. The number of allylic oxidation sites excluding steroid dienone is 1. The third-order valence-corrected chi connectivity index (χ3v) is 18.1. The number of phenols is 5. The van der Waals surface area contributed by atoms with E-state index in [0.29, 0.717) is 58.6 Å². The van der Waals surface area contributed by atoms with Gasteiger partial charge in [-0.3, -0.25) is 0 Å². The maximum absolute atomic E-state index is 12.6. The Labute approximate surface area is 368 Å². The van der Waals surface area contributed by atoms with Crippen molar-refractivity contribution in [3.63, 3.8) is 0 Å². The number of aromatic nitrogens is 2. The Morgan fingerprint density at radius 2 is 1.62 bits per heavy atom. The van der Waals surface area contributed by atoms with Crippen molar-refractivity contribution >= 4 is 22.9 Å². The molecule has 4 saturated carbocycles. The highest BCUT2D eigenvalue weighted by atomic mass is 16.3. The van der Waals surface area contributed by atoms with E-state index in [-0.39, 0.29) is 68.4 Å². The zero-order valence-electron chi connectivity index (χ0n) is 35.5. The summed E-state index contributed by atoms with van der Waals surface area (Å²) in [6.07, 6.45) is 27.6. The SMILES string of the molecule is Oc1ccc(/C=C/c2c(CCc3ccc([C@@H]4C=C[C@@H]5C[C@H]6CC[C@H]7CCc8[nH]cnc8[C@]8([C@@H]5N4)[C@H]4[C@@H](O)C=C[C@@H]5CCC[C@@]54CC[C@@]768)cc3)c(O)c(O)c3c(O)cccc23)cc1O. The summed E-state index contributed by atoms with van der Waals surface area (Å²) in [5.41, 5.74) is 6.54. The molecule has 12 rings (SSSR count). The number of aliphatic hydroxyl groups is 1. The number of phenolic OH excluding ortho intramolecular Hbond substituents is 5. The van der Waals surface area contributed by atoms with Crippen LogP contribution in [0.4, 0.5) is 0 Å². The van der Waals surface area contributed by atoms with Gasteiger partial charge < -0.3 is 40.9 Å². The Morgan fingerprint density at radius 3 is 2.48 bits per heavy atom. The number of benzene rings is 4. The molecule has 0 saturated heterocycles. The minimum Gasteiger partial charge on any atom is -0.507 e. The van der Waals surface area contributed by atoms with Crippen LogP contribution in [-0.4, -0.2) is 52.8 Å². The van der Waals surface area contributed by atoms with Crippen molar-refractivity contribution < 1.29 is 30.6 Å². The van der Waals surface area contributed by atoms with E-state index in [0.717, 1.165) is 12.0 Å². The highest BCUT2D eigenvalue weighted by molar-refractivity contribution is 6.03. The van der Waals surface area contributed by atoms with Gasteiger partial charge >= 0.3 is 0 Å². The molecule has 5 aromatic rings. The molecule has 4 aromatic carbocycles. The van der Waals surface area contributed by atoms with Crippen LogP contribution in [0.1, 0.15) is 103 Å². The van der Waals surface area contributed by atoms with Gasteiger partial charge in [0.05, 0.1) is 29.6 Å². The molecule has 1 aliphatic heterocycles. The van der Waals surface area contributed by atoms with Gasteiger partial charge in [0.25, 0.3) is 0 Å². The van der Waals surface area contributed by atoms with Crippen molar-refractivity contribution in [1.82, 2.24) is 15.3 Å². The fourth-order valence-electron chi connectivity index (χ4n) is 15.8. The summed E-state index contributed by atoms with van der Waals surface area (Å²) < 4.78 is 0. The number of hydrogen-bond donors (Lipinski definition) is 8. The first-order chi connectivity index (χ1) is 30.6. The van der Waals surface area contributed by atoms with Gasteiger partial charge in [0.2, 0.25) is 0 Å². The van der Waals surface area contributed by atoms with E-state index in [2.05, 4.69) is 58.9 Å². The lowest BCUT2D eigenvalue weighted by Crippen LogP contribution is -2.77. The van der Waals surface area contributed by atoms with Gasteiger partial charge in [-0.05, 0) is 151 Å². The second-order valence-corrected chi connectivity index (χ2v) is 20.3. The van der Waals surface area contributed by atoms with Gasteiger partial charge in [-0.15, -0.1) is 0 Å². The zero-order chi connectivity index (χ0) is 42.8. The van der Waals surface area contributed by atoms with Crippen LogP contribution in [0, 0.1) is 40.4 Å². The fraction of sp³-hybridized carbons (Fsp3) is 0.426. The van der Waals surface area contributed by atoms with Crippen LogP contribution < -0.4 is 5.32 Å². The number of imidazole rings is 1. The van der Waals surface area contributed by atoms with Crippen molar-refractivity contribution in [2.75, 3.05) is 0 Å². The molecule has 11 atom stereocenters. The molecule has 9 nitrogen and oxygen atoms in total. The summed E-state index contributed by atoms with van der Waals surface area (Å²) in [4.78, 5) is 9.07. The average molecular weight is 844 g/mol. The quantitative estimate of drug-likeness (QED) is 0.0476. The molecule has 9 heteroatoms. The average Bonchev–Trinajstić information content (AvgIpc) is 4.02. The highest BCUT2D eigenvalue weighted by Crippen LogP contribution is 2.79. The normalized spacial score (nSPS) is 34.8. The van der Waals surface area contributed by atoms with Crippen LogP contribution in [0.25, 0.3) is 22.9 Å². The number of nitrogens with one attached hydrogen (secondary N) is 2. The lowest BCUT2D eigenvalue weighted by Gasteiger charge is -2.73. The molecular formula is C54H57N3O6. The third-order valence-electron chi connectivity index (χ3n) is 18.1. The van der Waals surface area contributed by atoms with Gasteiger partial charge in [0.1, 0.15) is 5.75 Å². The molecule has 1 aromatic heterocycles. The maximum Gasteiger partial charge on any atom is 0.169 e. The minimum absolute atomic E-state index is 0.00691. The highest BCUT2D eigenvalue weighted by Gasteiger charge is 2.79. The molecule has 2 spiro atoms. The smallest absolute Gasteiger partial charge is 0.169 e. The van der Waals surface area contributed by atoms with Crippen molar-refractivity contribution in [2.24, 2.45) is 40.4 Å². The molecule has 7 aliphatic rings. The summed E-state index contributed by atoms with van der Waals surface area (Å²) in [5.74, 6) is 0.987. The van der Waals surface area contributed by atoms with Gasteiger partial charge in [0, 0.05) is 28.6 Å². The van der Waals surface area contributed by atoms with Crippen LogP contribution >= 0.6 is 0 Å². The molecular weight excluding hydrogens is 787 g/mol. The number of fused-ring (bicyclic) bond motifs is 3. The Morgan fingerprint density at radius 1 is 0.762 bits per heavy atom. The van der Waals surface area contributed by atoms with Gasteiger partial charge in [-0.1, -0.05) is 85.3 Å². The van der Waals surface area contributed by atoms with Gasteiger partial charge in [-0.25, -0.2) is 4.98 Å². The Balaban J connectivity index is 0.886. The number of aliphatic hydroxyl groups excluding tert-OH is 1. The van der Waals surface area contributed by atoms with E-state index in [1.807, 2.05) is 18.5 Å². The van der Waals surface area contributed by atoms with E-state index in [4.69, 9.17) is 4.98 Å². The Bertz CT molecular complexity index is 2740. The predicted octanol–water partition coefficient (Wildman–Crippen LogP) is 9.66. The fourth-order valence-corrected chi connectivity index (χ4v) is 15.8. The van der Waals surface area contributed by atoms with Crippen LogP contribution in [0.2, 0.25) is 0 Å². The van der Waals surface area contributed by atoms with Crippen LogP contribution in [0.15, 0.2) is 91.3 Å². The number of rotatable bonds is 6. The van der Waals surface area contributed by atoms with E-state index in [1.54, 1.807) is 18.2 Å². The first-order valence-electron chi connectivity index (χ1n) is 23.4. The van der Waals surface area contributed by atoms with E-state index < -0.39 is 6.10 Å². The number of aromatic amines is 1. The predicted molar refractivity (Wildman–Crippen MR) is 243 cm³/mol. The van der Waals surface area contributed by atoms with E-state index in [9.17, 15) is 30.6 Å². The monoisotopic (exact) mass is 843 g/mol. The number of aromatic hydroxyl groups is 5. The topological polar surface area (TPSA) is 162 Å². The molecule has 0 unspecified atom stereocenters. The number of H-pyrrole nitrogens is 1. The minimum atomic E-state index is -0.503. The van der Waals surface area contributed by atoms with Crippen LogP contribution in [0.5, 0.6) is 28.7 Å². The molecule has 6 aliphatic carbocycles. The van der Waals surface area contributed by atoms with Gasteiger partial charge in [-0.2, -0.15) is 0 Å². The standard InChI is InChI=1S/C54H57N3O6/c58-42-22-10-31(27-45(42)61)9-18-37-38-4-1-5-43(59)46(38)48(63)47(62)39(37)19-8-30-6-11-32(12-7-30)40-20-13-33-28-36-15-14-35-16-21-41-51(56-29-55-41)54(50(33)57-40)49-44(60)23-17-34-3-2-24-52(34,49)25-26-53(35,36)54/h1,4-7,9-13,17-18,20,22-23,27,29,33-36,40,44,49-50,57-63H,2-3,8,14-16,19,21,24-26,28H2,(H,55,56)/b18-9+/t33-,34+,35+,36-,40+,44+,49+,50-,52-,53-,54-/m1/s1. The number of nitrogens with zero attached hydrogens (tertiary/aromatic N) is 1. The number of hydrogen-bond acceptors (Lipinski definition) is 8. The molecule has 63 heavy (non-hydrogen) atoms. The van der Waals surface area contributed by atoms with Crippen molar-refractivity contribution in [2.45, 2.75) is 101 Å². The molecule has 4 fully saturated rings. The summed E-state index contributed by atoms with van der Waals surface area (Å²) in [7, 11) is 0. The number of aryl methyl sites for hydroxylation is 2. The second-order valence-electron chi connectivity index (χ2n) is 20.3. The lowest BCUT2D eigenvalue weighted by molar-refractivity contribution is -0.203. The maximum atomic E-state index is 12.6. The molecule has 2 heterocycles. The van der Waals surface area contributed by atoms with Crippen molar-refractivity contribution in [1.29, 1.82) is 0 Å². The van der Waals surface area contributed by atoms with E-state index >= 15 is 0 Å². The lowest BCUT2D eigenvalue weighted by atomic mass is 9.32. The summed E-state index contributed by atoms with van der Waals surface area (Å²) in [5, 5.41) is 71.1. The van der Waals surface area contributed by atoms with Crippen molar-refractivity contribution in [3.05, 3.63) is 131 Å². The molecule has 0 amide bonds. The second kappa shape index (κ2) is 14.2. The third kappa shape index (κ3) is 5.38. The first kappa shape index (κ1) is 39.1. The summed E-state index contributed by atoms with van der Waals surface area (Å²) in [6.45, 7) is 0. The van der Waals surface area contributed by atoms with Gasteiger partial charge in [0.15, 0.2) is 23.0 Å². The molecule has 8 N–H and O–H groups in total. The van der Waals surface area contributed by atoms with Crippen molar-refractivity contribution in [3.8, 4) is 28.7 Å². The first-order valence-corrected chi connectivity index (χ1v) is 23.4. The van der Waals surface area contributed by atoms with Crippen LogP contribution in [-0.2, 0) is 24.7 Å².